The topological polar surface area (TPSA) is 29.0 Å². The van der Waals surface area contributed by atoms with E-state index in [0.29, 0.717) is 10.8 Å². The van der Waals surface area contributed by atoms with Gasteiger partial charge in [0.15, 0.2) is 11.0 Å². The molecule has 3 nitrogen and oxygen atoms in total. The summed E-state index contributed by atoms with van der Waals surface area (Å²) >= 11 is 12.0. The lowest BCUT2D eigenvalue weighted by Crippen LogP contribution is -2.17. The molecule has 1 heterocycles. The Morgan fingerprint density at radius 1 is 1.12 bits per heavy atom. The number of aromatic nitrogens is 2. The summed E-state index contributed by atoms with van der Waals surface area (Å²) in [5, 5.41) is 0.644. The number of benzene rings is 1. The fourth-order valence-electron chi connectivity index (χ4n) is 1.59. The van der Waals surface area contributed by atoms with Crippen molar-refractivity contribution in [3.05, 3.63) is 46.8 Å². The second-order valence-electron chi connectivity index (χ2n) is 3.38. The maximum Gasteiger partial charge on any atom is 0.156 e. The Morgan fingerprint density at radius 2 is 1.82 bits per heavy atom. The molecule has 17 heavy (non-hydrogen) atoms. The van der Waals surface area contributed by atoms with E-state index in [0.717, 1.165) is 12.2 Å². The van der Waals surface area contributed by atoms with E-state index >= 15 is 0 Å². The summed E-state index contributed by atoms with van der Waals surface area (Å²) in [5.74, 6) is 0.625. The standard InChI is InChI=1S/C12H11Cl2N3/c1-2-17(9-6-4-3-5-7-9)12-10(13)11(14)15-8-16-12/h3-8H,2H2,1H3. The number of para-hydroxylation sites is 1. The first-order chi connectivity index (χ1) is 8.24. The fourth-order valence-corrected chi connectivity index (χ4v) is 1.92. The van der Waals surface area contributed by atoms with E-state index in [4.69, 9.17) is 23.2 Å². The second kappa shape index (κ2) is 5.34. The highest BCUT2D eigenvalue weighted by Crippen LogP contribution is 2.32. The molecular formula is C12H11Cl2N3. The predicted molar refractivity (Wildman–Crippen MR) is 71.2 cm³/mol. The minimum atomic E-state index is 0.269. The highest BCUT2D eigenvalue weighted by atomic mass is 35.5. The lowest BCUT2D eigenvalue weighted by molar-refractivity contribution is 0.976. The average molecular weight is 268 g/mol. The summed E-state index contributed by atoms with van der Waals surface area (Å²) in [6, 6.07) is 9.89. The van der Waals surface area contributed by atoms with Crippen LogP contribution in [0.2, 0.25) is 10.2 Å². The Bertz CT molecular complexity index is 502. The average Bonchev–Trinajstić information content (AvgIpc) is 2.37. The van der Waals surface area contributed by atoms with Crippen molar-refractivity contribution in [3.8, 4) is 0 Å². The predicted octanol–water partition coefficient (Wildman–Crippen LogP) is 3.94. The van der Waals surface area contributed by atoms with Crippen molar-refractivity contribution < 1.29 is 0 Å². The molecule has 2 rings (SSSR count). The van der Waals surface area contributed by atoms with Gasteiger partial charge in [0.2, 0.25) is 0 Å². The van der Waals surface area contributed by atoms with Gasteiger partial charge in [-0.2, -0.15) is 0 Å². The molecule has 0 aliphatic heterocycles. The summed E-state index contributed by atoms with van der Waals surface area (Å²) in [6.45, 7) is 2.77. The maximum atomic E-state index is 6.12. The highest BCUT2D eigenvalue weighted by molar-refractivity contribution is 6.42. The fraction of sp³-hybridized carbons (Fsp3) is 0.167. The molecule has 0 bridgehead atoms. The summed E-state index contributed by atoms with van der Waals surface area (Å²) in [7, 11) is 0. The maximum absolute atomic E-state index is 6.12. The van der Waals surface area contributed by atoms with Crippen LogP contribution < -0.4 is 4.90 Å². The van der Waals surface area contributed by atoms with Gasteiger partial charge in [0.05, 0.1) is 0 Å². The molecule has 0 radical (unpaired) electrons. The summed E-state index contributed by atoms with van der Waals surface area (Å²) in [6.07, 6.45) is 1.41. The monoisotopic (exact) mass is 267 g/mol. The van der Waals surface area contributed by atoms with Crippen LogP contribution in [0.15, 0.2) is 36.7 Å². The van der Waals surface area contributed by atoms with Crippen LogP contribution in [0.4, 0.5) is 11.5 Å². The Hall–Kier alpha value is -1.32. The second-order valence-corrected chi connectivity index (χ2v) is 4.12. The van der Waals surface area contributed by atoms with Gasteiger partial charge in [0.25, 0.3) is 0 Å². The highest BCUT2D eigenvalue weighted by Gasteiger charge is 2.14. The van der Waals surface area contributed by atoms with Crippen LogP contribution in [-0.2, 0) is 0 Å². The number of halogens is 2. The molecule has 0 saturated heterocycles. The number of anilines is 2. The van der Waals surface area contributed by atoms with E-state index in [1.807, 2.05) is 42.2 Å². The van der Waals surface area contributed by atoms with Gasteiger partial charge in [0.1, 0.15) is 11.3 Å². The first kappa shape index (κ1) is 12.1. The van der Waals surface area contributed by atoms with Crippen LogP contribution in [0.3, 0.4) is 0 Å². The van der Waals surface area contributed by atoms with Crippen molar-refractivity contribution in [1.82, 2.24) is 9.97 Å². The summed E-state index contributed by atoms with van der Waals surface area (Å²) in [4.78, 5) is 10.0. The molecule has 0 spiro atoms. The van der Waals surface area contributed by atoms with Gasteiger partial charge in [0, 0.05) is 12.2 Å². The lowest BCUT2D eigenvalue weighted by Gasteiger charge is -2.22. The Morgan fingerprint density at radius 3 is 2.47 bits per heavy atom. The van der Waals surface area contributed by atoms with Crippen molar-refractivity contribution in [1.29, 1.82) is 0 Å². The SMILES string of the molecule is CCN(c1ccccc1)c1ncnc(Cl)c1Cl. The van der Waals surface area contributed by atoms with Crippen molar-refractivity contribution in [2.75, 3.05) is 11.4 Å². The smallest absolute Gasteiger partial charge is 0.156 e. The van der Waals surface area contributed by atoms with E-state index < -0.39 is 0 Å². The van der Waals surface area contributed by atoms with E-state index in [2.05, 4.69) is 9.97 Å². The molecular weight excluding hydrogens is 257 g/mol. The molecule has 2 aromatic rings. The third-order valence-corrected chi connectivity index (χ3v) is 3.10. The Balaban J connectivity index is 2.46. The van der Waals surface area contributed by atoms with Crippen LogP contribution in [0.5, 0.6) is 0 Å². The van der Waals surface area contributed by atoms with Crippen molar-refractivity contribution >= 4 is 34.7 Å². The number of nitrogens with zero attached hydrogens (tertiary/aromatic N) is 3. The molecule has 0 aliphatic carbocycles. The molecule has 1 aromatic carbocycles. The quantitative estimate of drug-likeness (QED) is 0.789. The molecule has 0 unspecified atom stereocenters. The first-order valence-electron chi connectivity index (χ1n) is 5.22. The summed E-state index contributed by atoms with van der Waals surface area (Å²) < 4.78 is 0. The molecule has 0 amide bonds. The van der Waals surface area contributed by atoms with E-state index in [-0.39, 0.29) is 5.15 Å². The van der Waals surface area contributed by atoms with E-state index in [9.17, 15) is 0 Å². The van der Waals surface area contributed by atoms with Crippen LogP contribution in [0, 0.1) is 0 Å². The molecule has 0 N–H and O–H groups in total. The Labute approximate surface area is 110 Å². The van der Waals surface area contributed by atoms with Crippen LogP contribution in [-0.4, -0.2) is 16.5 Å². The lowest BCUT2D eigenvalue weighted by atomic mass is 10.3. The first-order valence-corrected chi connectivity index (χ1v) is 5.98. The van der Waals surface area contributed by atoms with Gasteiger partial charge in [-0.1, -0.05) is 41.4 Å². The molecule has 88 valence electrons. The van der Waals surface area contributed by atoms with Crippen molar-refractivity contribution in [2.45, 2.75) is 6.92 Å². The normalized spacial score (nSPS) is 10.3. The number of rotatable bonds is 3. The van der Waals surface area contributed by atoms with Gasteiger partial charge in [-0.25, -0.2) is 9.97 Å². The van der Waals surface area contributed by atoms with Gasteiger partial charge in [-0.3, -0.25) is 0 Å². The number of hydrogen-bond donors (Lipinski definition) is 0. The van der Waals surface area contributed by atoms with Gasteiger partial charge in [-0.15, -0.1) is 0 Å². The minimum absolute atomic E-state index is 0.269. The van der Waals surface area contributed by atoms with Gasteiger partial charge in [-0.05, 0) is 19.1 Å². The zero-order valence-electron chi connectivity index (χ0n) is 9.27. The molecule has 0 aliphatic rings. The number of hydrogen-bond acceptors (Lipinski definition) is 3. The molecule has 0 saturated carbocycles. The molecule has 0 fully saturated rings. The third-order valence-electron chi connectivity index (χ3n) is 2.37. The molecule has 0 atom stereocenters. The Kier molecular flexibility index (Phi) is 3.82. The molecule has 1 aromatic heterocycles. The zero-order valence-corrected chi connectivity index (χ0v) is 10.8. The van der Waals surface area contributed by atoms with Crippen molar-refractivity contribution in [2.24, 2.45) is 0 Å². The van der Waals surface area contributed by atoms with E-state index in [1.165, 1.54) is 6.33 Å². The summed E-state index contributed by atoms with van der Waals surface area (Å²) in [5.41, 5.74) is 1.02. The van der Waals surface area contributed by atoms with E-state index in [1.54, 1.807) is 0 Å². The minimum Gasteiger partial charge on any atom is -0.325 e. The molecule has 5 heteroatoms. The van der Waals surface area contributed by atoms with Crippen LogP contribution in [0.25, 0.3) is 0 Å². The van der Waals surface area contributed by atoms with Crippen LogP contribution >= 0.6 is 23.2 Å². The van der Waals surface area contributed by atoms with Crippen molar-refractivity contribution in [3.63, 3.8) is 0 Å². The largest absolute Gasteiger partial charge is 0.325 e. The van der Waals surface area contributed by atoms with Gasteiger partial charge >= 0.3 is 0 Å². The third kappa shape index (κ3) is 2.51. The van der Waals surface area contributed by atoms with Gasteiger partial charge < -0.3 is 4.90 Å². The zero-order chi connectivity index (χ0) is 12.3. The van der Waals surface area contributed by atoms with Crippen LogP contribution in [0.1, 0.15) is 6.92 Å².